The number of hydrogen-bond donors (Lipinski definition) is 1. The summed E-state index contributed by atoms with van der Waals surface area (Å²) >= 11 is 3.34. The molecule has 4 nitrogen and oxygen atoms in total. The highest BCUT2D eigenvalue weighted by Crippen LogP contribution is 2.20. The maximum absolute atomic E-state index is 12.2. The maximum Gasteiger partial charge on any atom is 0.273 e. The lowest BCUT2D eigenvalue weighted by atomic mass is 9.99. The van der Waals surface area contributed by atoms with Gasteiger partial charge in [0.05, 0.1) is 0 Å². The third-order valence-corrected chi connectivity index (χ3v) is 3.67. The van der Waals surface area contributed by atoms with Crippen LogP contribution in [0.25, 0.3) is 0 Å². The van der Waals surface area contributed by atoms with E-state index in [1.165, 1.54) is 0 Å². The van der Waals surface area contributed by atoms with Gasteiger partial charge in [0, 0.05) is 30.4 Å². The second kappa shape index (κ2) is 5.60. The van der Waals surface area contributed by atoms with Crippen molar-refractivity contribution >= 4 is 21.8 Å². The molecule has 1 aromatic heterocycles. The fourth-order valence-electron chi connectivity index (χ4n) is 2.09. The average molecular weight is 299 g/mol. The van der Waals surface area contributed by atoms with Crippen LogP contribution in [0.3, 0.4) is 0 Å². The van der Waals surface area contributed by atoms with Crippen LogP contribution in [0.1, 0.15) is 23.3 Å². The van der Waals surface area contributed by atoms with Gasteiger partial charge in [-0.25, -0.2) is 4.98 Å². The van der Waals surface area contributed by atoms with E-state index in [0.29, 0.717) is 12.2 Å². The number of amides is 1. The number of likely N-dealkylation sites (tertiary alicyclic amines) is 1. The Balaban J connectivity index is 2.12. The molecule has 1 unspecified atom stereocenters. The minimum Gasteiger partial charge on any atom is -0.396 e. The summed E-state index contributed by atoms with van der Waals surface area (Å²) < 4.78 is 0.719. The molecule has 1 aliphatic rings. The molecule has 17 heavy (non-hydrogen) atoms. The summed E-state index contributed by atoms with van der Waals surface area (Å²) in [5.74, 6) is 0.144. The first kappa shape index (κ1) is 12.5. The van der Waals surface area contributed by atoms with E-state index >= 15 is 0 Å². The van der Waals surface area contributed by atoms with E-state index in [4.69, 9.17) is 5.11 Å². The highest BCUT2D eigenvalue weighted by molar-refractivity contribution is 9.10. The molecular weight excluding hydrogens is 284 g/mol. The fourth-order valence-corrected chi connectivity index (χ4v) is 2.52. The molecule has 1 amide bonds. The normalized spacial score (nSPS) is 20.4. The molecule has 1 fully saturated rings. The molecule has 0 aliphatic carbocycles. The quantitative estimate of drug-likeness (QED) is 0.904. The van der Waals surface area contributed by atoms with Crippen LogP contribution in [0.5, 0.6) is 0 Å². The van der Waals surface area contributed by atoms with Crippen LogP contribution in [0.4, 0.5) is 0 Å². The Hall–Kier alpha value is -0.940. The Bertz CT molecular complexity index is 411. The third kappa shape index (κ3) is 2.84. The molecule has 2 heterocycles. The molecule has 1 atom stereocenters. The van der Waals surface area contributed by atoms with E-state index in [1.807, 2.05) is 6.07 Å². The zero-order chi connectivity index (χ0) is 12.3. The van der Waals surface area contributed by atoms with E-state index in [9.17, 15) is 4.79 Å². The molecule has 1 aliphatic heterocycles. The molecule has 1 N–H and O–H groups in total. The maximum atomic E-state index is 12.2. The number of piperidine rings is 1. The Morgan fingerprint density at radius 1 is 1.65 bits per heavy atom. The lowest BCUT2D eigenvalue weighted by Gasteiger charge is -2.31. The largest absolute Gasteiger partial charge is 0.396 e. The van der Waals surface area contributed by atoms with E-state index in [1.54, 1.807) is 17.2 Å². The Morgan fingerprint density at radius 3 is 3.18 bits per heavy atom. The van der Waals surface area contributed by atoms with Gasteiger partial charge in [-0.05, 0) is 46.8 Å². The van der Waals surface area contributed by atoms with Crippen LogP contribution < -0.4 is 0 Å². The predicted molar refractivity (Wildman–Crippen MR) is 67.7 cm³/mol. The minimum absolute atomic E-state index is 0.0596. The van der Waals surface area contributed by atoms with Crippen molar-refractivity contribution in [3.8, 4) is 0 Å². The van der Waals surface area contributed by atoms with Crippen LogP contribution in [0, 0.1) is 5.92 Å². The molecule has 1 aromatic rings. The minimum atomic E-state index is -0.0596. The van der Waals surface area contributed by atoms with Gasteiger partial charge >= 0.3 is 0 Å². The summed E-state index contributed by atoms with van der Waals surface area (Å²) in [6.45, 7) is 1.52. The van der Waals surface area contributed by atoms with Crippen LogP contribution in [0.15, 0.2) is 22.8 Å². The third-order valence-electron chi connectivity index (χ3n) is 3.03. The number of carbonyl (C=O) groups excluding carboxylic acids is 1. The van der Waals surface area contributed by atoms with Crippen molar-refractivity contribution in [3.63, 3.8) is 0 Å². The van der Waals surface area contributed by atoms with Gasteiger partial charge in [0.15, 0.2) is 0 Å². The number of nitrogens with zero attached hydrogens (tertiary/aromatic N) is 2. The summed E-state index contributed by atoms with van der Waals surface area (Å²) in [7, 11) is 0. The highest BCUT2D eigenvalue weighted by atomic mass is 79.9. The van der Waals surface area contributed by atoms with Gasteiger partial charge in [-0.3, -0.25) is 4.79 Å². The number of aliphatic hydroxyl groups excluding tert-OH is 1. The van der Waals surface area contributed by atoms with Gasteiger partial charge in [0.25, 0.3) is 5.91 Å². The van der Waals surface area contributed by atoms with E-state index < -0.39 is 0 Å². The first-order valence-corrected chi connectivity index (χ1v) is 6.52. The summed E-state index contributed by atoms with van der Waals surface area (Å²) in [4.78, 5) is 18.1. The van der Waals surface area contributed by atoms with Gasteiger partial charge in [0.2, 0.25) is 0 Å². The first-order chi connectivity index (χ1) is 8.22. The molecule has 92 valence electrons. The van der Waals surface area contributed by atoms with E-state index in [0.717, 1.165) is 23.9 Å². The second-order valence-corrected chi connectivity index (χ2v) is 5.13. The summed E-state index contributed by atoms with van der Waals surface area (Å²) in [6.07, 6.45) is 3.55. The van der Waals surface area contributed by atoms with Crippen molar-refractivity contribution in [1.29, 1.82) is 0 Å². The van der Waals surface area contributed by atoms with Gasteiger partial charge in [-0.2, -0.15) is 0 Å². The molecular formula is C12H15BrN2O2. The number of rotatable bonds is 2. The molecule has 2 rings (SSSR count). The topological polar surface area (TPSA) is 53.4 Å². The Labute approximate surface area is 109 Å². The summed E-state index contributed by atoms with van der Waals surface area (Å²) in [5, 5.41) is 9.15. The Kier molecular flexibility index (Phi) is 4.12. The SMILES string of the molecule is O=C(c1ncccc1Br)N1CCCC(CO)C1. The van der Waals surface area contributed by atoms with Crippen molar-refractivity contribution in [1.82, 2.24) is 9.88 Å². The smallest absolute Gasteiger partial charge is 0.273 e. The molecule has 1 saturated heterocycles. The van der Waals surface area contributed by atoms with Gasteiger partial charge < -0.3 is 10.0 Å². The molecule has 5 heteroatoms. The number of hydrogen-bond acceptors (Lipinski definition) is 3. The molecule has 0 saturated carbocycles. The molecule has 0 radical (unpaired) electrons. The molecule has 0 bridgehead atoms. The van der Waals surface area contributed by atoms with Gasteiger partial charge in [0.1, 0.15) is 5.69 Å². The van der Waals surface area contributed by atoms with Crippen LogP contribution in [0.2, 0.25) is 0 Å². The monoisotopic (exact) mass is 298 g/mol. The first-order valence-electron chi connectivity index (χ1n) is 5.73. The van der Waals surface area contributed by atoms with Gasteiger partial charge in [-0.1, -0.05) is 0 Å². The number of halogens is 1. The van der Waals surface area contributed by atoms with Crippen LogP contribution >= 0.6 is 15.9 Å². The second-order valence-electron chi connectivity index (χ2n) is 4.28. The van der Waals surface area contributed by atoms with Crippen LogP contribution in [-0.2, 0) is 0 Å². The van der Waals surface area contributed by atoms with E-state index in [2.05, 4.69) is 20.9 Å². The Morgan fingerprint density at radius 2 is 2.47 bits per heavy atom. The number of pyridine rings is 1. The predicted octanol–water partition coefficient (Wildman–Crippen LogP) is 1.69. The summed E-state index contributed by atoms with van der Waals surface area (Å²) in [6, 6.07) is 3.60. The average Bonchev–Trinajstić information content (AvgIpc) is 2.38. The van der Waals surface area contributed by atoms with Crippen molar-refractivity contribution in [2.45, 2.75) is 12.8 Å². The van der Waals surface area contributed by atoms with Crippen LogP contribution in [-0.4, -0.2) is 40.6 Å². The lowest BCUT2D eigenvalue weighted by Crippen LogP contribution is -2.41. The summed E-state index contributed by atoms with van der Waals surface area (Å²) in [5.41, 5.74) is 0.450. The standard InChI is InChI=1S/C12H15BrN2O2/c13-10-4-1-5-14-11(10)12(17)15-6-2-3-9(7-15)8-16/h1,4-5,9,16H,2-3,6-8H2. The molecule has 0 spiro atoms. The number of aliphatic hydroxyl groups is 1. The number of aromatic nitrogens is 1. The zero-order valence-electron chi connectivity index (χ0n) is 9.47. The van der Waals surface area contributed by atoms with Crippen molar-refractivity contribution in [2.75, 3.05) is 19.7 Å². The highest BCUT2D eigenvalue weighted by Gasteiger charge is 2.25. The fraction of sp³-hybridized carbons (Fsp3) is 0.500. The zero-order valence-corrected chi connectivity index (χ0v) is 11.1. The van der Waals surface area contributed by atoms with Crippen molar-refractivity contribution in [2.24, 2.45) is 5.92 Å². The molecule has 0 aromatic carbocycles. The lowest BCUT2D eigenvalue weighted by molar-refractivity contribution is 0.0614. The number of carbonyl (C=O) groups is 1. The van der Waals surface area contributed by atoms with Crippen molar-refractivity contribution < 1.29 is 9.90 Å². The van der Waals surface area contributed by atoms with Gasteiger partial charge in [-0.15, -0.1) is 0 Å². The van der Waals surface area contributed by atoms with E-state index in [-0.39, 0.29) is 18.4 Å². The van der Waals surface area contributed by atoms with Crippen molar-refractivity contribution in [3.05, 3.63) is 28.5 Å².